The van der Waals surface area contributed by atoms with Crippen molar-refractivity contribution in [3.8, 4) is 0 Å². The first-order valence-corrected chi connectivity index (χ1v) is 10.2. The molecule has 0 radical (unpaired) electrons. The minimum absolute atomic E-state index is 0.731. The lowest BCUT2D eigenvalue weighted by Crippen LogP contribution is -2.26. The molecule has 0 N–H and O–H groups in total. The third-order valence-electron chi connectivity index (χ3n) is 6.03. The fraction of sp³-hybridized carbons (Fsp3) is 0.500. The minimum atomic E-state index is 0.731. The second-order valence-electron chi connectivity index (χ2n) is 8.26. The molecule has 0 aromatic heterocycles. The molecule has 2 aliphatic rings. The summed E-state index contributed by atoms with van der Waals surface area (Å²) in [5.74, 6) is 1.47. The number of aryl methyl sites for hydroxylation is 1. The lowest BCUT2D eigenvalue weighted by atomic mass is 9.72. The molecule has 2 aromatic rings. The maximum Gasteiger partial charge on any atom is 0.0717 e. The summed E-state index contributed by atoms with van der Waals surface area (Å²) in [4.78, 5) is 2.57. The number of hydrogen-bond acceptors (Lipinski definition) is 2. The van der Waals surface area contributed by atoms with Crippen molar-refractivity contribution in [2.75, 3.05) is 19.7 Å². The monoisotopic (exact) mass is 349 g/mol. The van der Waals surface area contributed by atoms with E-state index in [1.54, 1.807) is 0 Å². The van der Waals surface area contributed by atoms with Gasteiger partial charge in [-0.2, -0.15) is 0 Å². The van der Waals surface area contributed by atoms with Gasteiger partial charge in [0, 0.05) is 13.2 Å². The highest BCUT2D eigenvalue weighted by atomic mass is 16.5. The van der Waals surface area contributed by atoms with Crippen molar-refractivity contribution in [3.63, 3.8) is 0 Å². The molecule has 2 nitrogen and oxygen atoms in total. The Balaban J connectivity index is 1.17. The van der Waals surface area contributed by atoms with E-state index in [1.807, 2.05) is 0 Å². The van der Waals surface area contributed by atoms with Crippen molar-refractivity contribution < 1.29 is 4.74 Å². The molecular weight excluding hydrogens is 318 g/mol. The van der Waals surface area contributed by atoms with Crippen LogP contribution in [0.1, 0.15) is 53.9 Å². The lowest BCUT2D eigenvalue weighted by molar-refractivity contribution is 0.0508. The predicted octanol–water partition coefficient (Wildman–Crippen LogP) is 5.30. The van der Waals surface area contributed by atoms with Crippen LogP contribution in [0.2, 0.25) is 0 Å². The number of ether oxygens (including phenoxy) is 1. The summed E-state index contributed by atoms with van der Waals surface area (Å²) in [6.07, 6.45) is 5.29. The summed E-state index contributed by atoms with van der Waals surface area (Å²) in [6.45, 7) is 7.44. The van der Waals surface area contributed by atoms with Crippen LogP contribution in [0.3, 0.4) is 0 Å². The molecule has 0 atom stereocenters. The average molecular weight is 350 g/mol. The molecule has 1 saturated carbocycles. The van der Waals surface area contributed by atoms with Gasteiger partial charge in [0.2, 0.25) is 0 Å². The largest absolute Gasteiger partial charge is 0.376 e. The van der Waals surface area contributed by atoms with Gasteiger partial charge in [0.15, 0.2) is 0 Å². The van der Waals surface area contributed by atoms with E-state index in [0.717, 1.165) is 31.6 Å². The van der Waals surface area contributed by atoms with E-state index in [-0.39, 0.29) is 0 Å². The van der Waals surface area contributed by atoms with Gasteiger partial charge in [-0.3, -0.25) is 4.90 Å². The molecule has 0 amide bonds. The van der Waals surface area contributed by atoms with Gasteiger partial charge in [-0.1, -0.05) is 54.1 Å². The Morgan fingerprint density at radius 2 is 1.54 bits per heavy atom. The Labute approximate surface area is 158 Å². The predicted molar refractivity (Wildman–Crippen MR) is 107 cm³/mol. The number of likely N-dealkylation sites (tertiary alicyclic amines) is 1. The van der Waals surface area contributed by atoms with Crippen molar-refractivity contribution in [2.24, 2.45) is 5.92 Å². The Kier molecular flexibility index (Phi) is 5.72. The molecule has 0 spiro atoms. The normalized spacial score (nSPS) is 23.1. The summed E-state index contributed by atoms with van der Waals surface area (Å²) in [6, 6.07) is 18.1. The molecule has 2 fully saturated rings. The summed E-state index contributed by atoms with van der Waals surface area (Å²) in [5, 5.41) is 0. The molecule has 4 rings (SSSR count). The first-order chi connectivity index (χ1) is 12.8. The molecule has 0 bridgehead atoms. The van der Waals surface area contributed by atoms with E-state index in [2.05, 4.69) is 60.4 Å². The number of hydrogen-bond donors (Lipinski definition) is 0. The van der Waals surface area contributed by atoms with Crippen LogP contribution in [0.4, 0.5) is 0 Å². The van der Waals surface area contributed by atoms with Gasteiger partial charge in [0.05, 0.1) is 6.61 Å². The van der Waals surface area contributed by atoms with E-state index in [1.165, 1.54) is 61.0 Å². The summed E-state index contributed by atoms with van der Waals surface area (Å²) < 4.78 is 5.94. The first kappa shape index (κ1) is 17.8. The summed E-state index contributed by atoms with van der Waals surface area (Å²) in [7, 11) is 0. The topological polar surface area (TPSA) is 12.5 Å². The van der Waals surface area contributed by atoms with Gasteiger partial charge in [-0.25, -0.2) is 0 Å². The van der Waals surface area contributed by atoms with Crippen LogP contribution >= 0.6 is 0 Å². The molecule has 2 heteroatoms. The van der Waals surface area contributed by atoms with Crippen LogP contribution in [-0.4, -0.2) is 24.6 Å². The zero-order valence-corrected chi connectivity index (χ0v) is 16.0. The number of rotatable bonds is 7. The third kappa shape index (κ3) is 4.55. The van der Waals surface area contributed by atoms with Crippen molar-refractivity contribution in [2.45, 2.75) is 51.7 Å². The fourth-order valence-electron chi connectivity index (χ4n) is 4.27. The molecule has 1 aliphatic heterocycles. The molecule has 1 heterocycles. The summed E-state index contributed by atoms with van der Waals surface area (Å²) in [5.41, 5.74) is 5.57. The Morgan fingerprint density at radius 3 is 2.23 bits per heavy atom. The van der Waals surface area contributed by atoms with Gasteiger partial charge in [-0.05, 0) is 74.2 Å². The molecule has 138 valence electrons. The molecule has 2 aromatic carbocycles. The van der Waals surface area contributed by atoms with Gasteiger partial charge in [0.25, 0.3) is 0 Å². The zero-order valence-electron chi connectivity index (χ0n) is 16.0. The van der Waals surface area contributed by atoms with Crippen molar-refractivity contribution in [1.29, 1.82) is 0 Å². The Hall–Kier alpha value is -1.64. The highest BCUT2D eigenvalue weighted by Gasteiger charge is 2.30. The van der Waals surface area contributed by atoms with Crippen molar-refractivity contribution in [1.82, 2.24) is 4.90 Å². The van der Waals surface area contributed by atoms with Gasteiger partial charge < -0.3 is 4.74 Å². The van der Waals surface area contributed by atoms with E-state index in [9.17, 15) is 0 Å². The van der Waals surface area contributed by atoms with Crippen LogP contribution in [0.5, 0.6) is 0 Å². The third-order valence-corrected chi connectivity index (χ3v) is 6.03. The summed E-state index contributed by atoms with van der Waals surface area (Å²) >= 11 is 0. The number of nitrogens with zero attached hydrogens (tertiary/aromatic N) is 1. The molecular formula is C24H31NO. The molecule has 1 saturated heterocycles. The standard InChI is InChI=1S/C24H31NO/c1-19-4-6-21(7-5-19)17-26-18-22-14-24(15-22)23-10-8-20(9-11-23)16-25-12-2-3-13-25/h4-11,22,24H,2-3,12-18H2,1H3. The minimum Gasteiger partial charge on any atom is -0.376 e. The lowest BCUT2D eigenvalue weighted by Gasteiger charge is -2.35. The highest BCUT2D eigenvalue weighted by molar-refractivity contribution is 5.27. The maximum absolute atomic E-state index is 5.94. The van der Waals surface area contributed by atoms with Gasteiger partial charge >= 0.3 is 0 Å². The van der Waals surface area contributed by atoms with Gasteiger partial charge in [0.1, 0.15) is 0 Å². The van der Waals surface area contributed by atoms with Crippen LogP contribution in [0.25, 0.3) is 0 Å². The molecule has 1 aliphatic carbocycles. The Bertz CT molecular complexity index is 679. The number of benzene rings is 2. The van der Waals surface area contributed by atoms with Crippen molar-refractivity contribution in [3.05, 3.63) is 70.8 Å². The fourth-order valence-corrected chi connectivity index (χ4v) is 4.27. The van der Waals surface area contributed by atoms with Gasteiger partial charge in [-0.15, -0.1) is 0 Å². The second kappa shape index (κ2) is 8.37. The first-order valence-electron chi connectivity index (χ1n) is 10.2. The average Bonchev–Trinajstić information content (AvgIpc) is 3.13. The van der Waals surface area contributed by atoms with Crippen LogP contribution in [-0.2, 0) is 17.9 Å². The van der Waals surface area contributed by atoms with E-state index in [4.69, 9.17) is 4.74 Å². The SMILES string of the molecule is Cc1ccc(COCC2CC(c3ccc(CN4CCCC4)cc3)C2)cc1. The maximum atomic E-state index is 5.94. The van der Waals surface area contributed by atoms with E-state index >= 15 is 0 Å². The van der Waals surface area contributed by atoms with E-state index in [0.29, 0.717) is 0 Å². The van der Waals surface area contributed by atoms with Crippen LogP contribution < -0.4 is 0 Å². The van der Waals surface area contributed by atoms with Crippen molar-refractivity contribution >= 4 is 0 Å². The van der Waals surface area contributed by atoms with Crippen LogP contribution in [0.15, 0.2) is 48.5 Å². The van der Waals surface area contributed by atoms with Crippen LogP contribution in [0, 0.1) is 12.8 Å². The molecule has 0 unspecified atom stereocenters. The highest BCUT2D eigenvalue weighted by Crippen LogP contribution is 2.41. The molecule has 26 heavy (non-hydrogen) atoms. The van der Waals surface area contributed by atoms with E-state index < -0.39 is 0 Å². The zero-order chi connectivity index (χ0) is 17.8. The smallest absolute Gasteiger partial charge is 0.0717 e. The Morgan fingerprint density at radius 1 is 0.885 bits per heavy atom. The second-order valence-corrected chi connectivity index (χ2v) is 8.26. The quantitative estimate of drug-likeness (QED) is 0.672.